The molecule has 10 nitrogen and oxygen atoms in total. The summed E-state index contributed by atoms with van der Waals surface area (Å²) in [7, 11) is 1.68. The standard InChI is InChI=1S/C21H37N5O5/c1-15(2)13-31-21(29)24(5)11-19-16(3)10-25(17(4)12-27)20(28)7-6-8-26-18(14-30-19)9-22-23-26/h9,15-17,19,27H,6-8,10-14H2,1-5H3/t16-,17+,19+/m0/s1. The highest BCUT2D eigenvalue weighted by molar-refractivity contribution is 5.76. The lowest BCUT2D eigenvalue weighted by molar-refractivity contribution is -0.136. The quantitative estimate of drug-likeness (QED) is 0.716. The highest BCUT2D eigenvalue weighted by Gasteiger charge is 2.29. The van der Waals surface area contributed by atoms with E-state index in [2.05, 4.69) is 10.3 Å². The minimum Gasteiger partial charge on any atom is -0.449 e. The van der Waals surface area contributed by atoms with Crippen molar-refractivity contribution in [1.29, 1.82) is 0 Å². The number of hydrogen-bond acceptors (Lipinski definition) is 7. The van der Waals surface area contributed by atoms with Crippen molar-refractivity contribution in [3.05, 3.63) is 11.9 Å². The molecule has 2 amide bonds. The number of amides is 2. The van der Waals surface area contributed by atoms with Gasteiger partial charge in [-0.05, 0) is 19.3 Å². The minimum absolute atomic E-state index is 0.0147. The highest BCUT2D eigenvalue weighted by atomic mass is 16.6. The molecule has 0 spiro atoms. The van der Waals surface area contributed by atoms with Gasteiger partial charge in [-0.1, -0.05) is 26.0 Å². The maximum atomic E-state index is 12.9. The molecule has 0 saturated heterocycles. The van der Waals surface area contributed by atoms with Crippen molar-refractivity contribution >= 4 is 12.0 Å². The molecule has 0 fully saturated rings. The number of carbonyl (C=O) groups excluding carboxylic acids is 2. The molecule has 0 saturated carbocycles. The van der Waals surface area contributed by atoms with Gasteiger partial charge < -0.3 is 24.4 Å². The van der Waals surface area contributed by atoms with Crippen LogP contribution >= 0.6 is 0 Å². The van der Waals surface area contributed by atoms with E-state index in [9.17, 15) is 14.7 Å². The zero-order chi connectivity index (χ0) is 23.0. The molecular formula is C21H37N5O5. The maximum absolute atomic E-state index is 12.9. The summed E-state index contributed by atoms with van der Waals surface area (Å²) in [6.07, 6.45) is 1.91. The molecule has 3 atom stereocenters. The number of aliphatic hydroxyl groups is 1. The van der Waals surface area contributed by atoms with E-state index in [0.717, 1.165) is 5.69 Å². The molecule has 2 rings (SSSR count). The molecule has 0 unspecified atom stereocenters. The summed E-state index contributed by atoms with van der Waals surface area (Å²) in [6.45, 7) is 9.64. The second-order valence-corrected chi connectivity index (χ2v) is 8.81. The number of hydrogen-bond donors (Lipinski definition) is 1. The molecule has 176 valence electrons. The fourth-order valence-electron chi connectivity index (χ4n) is 3.44. The van der Waals surface area contributed by atoms with Crippen molar-refractivity contribution in [2.24, 2.45) is 11.8 Å². The first-order valence-electron chi connectivity index (χ1n) is 11.0. The van der Waals surface area contributed by atoms with Crippen molar-refractivity contribution in [3.8, 4) is 0 Å². The van der Waals surface area contributed by atoms with E-state index in [-0.39, 0.29) is 36.5 Å². The van der Waals surface area contributed by atoms with Crippen LogP contribution in [0.3, 0.4) is 0 Å². The van der Waals surface area contributed by atoms with Crippen molar-refractivity contribution in [2.45, 2.75) is 65.8 Å². The Labute approximate surface area is 184 Å². The van der Waals surface area contributed by atoms with Gasteiger partial charge in [-0.2, -0.15) is 0 Å². The van der Waals surface area contributed by atoms with Crippen molar-refractivity contribution in [1.82, 2.24) is 24.8 Å². The van der Waals surface area contributed by atoms with E-state index in [1.807, 2.05) is 27.7 Å². The largest absolute Gasteiger partial charge is 0.449 e. The molecule has 1 aliphatic rings. The predicted molar refractivity (Wildman–Crippen MR) is 114 cm³/mol. The third-order valence-electron chi connectivity index (χ3n) is 5.45. The average Bonchev–Trinajstić information content (AvgIpc) is 3.18. The number of aryl methyl sites for hydroxylation is 1. The van der Waals surface area contributed by atoms with Crippen LogP contribution in [0.25, 0.3) is 0 Å². The van der Waals surface area contributed by atoms with Gasteiger partial charge >= 0.3 is 6.09 Å². The molecule has 10 heteroatoms. The van der Waals surface area contributed by atoms with Crippen LogP contribution < -0.4 is 0 Å². The van der Waals surface area contributed by atoms with Crippen molar-refractivity contribution in [2.75, 3.05) is 33.4 Å². The normalized spacial score (nSPS) is 21.8. The van der Waals surface area contributed by atoms with Crippen LogP contribution in [-0.2, 0) is 27.4 Å². The number of aromatic nitrogens is 3. The first-order chi connectivity index (χ1) is 14.7. The van der Waals surface area contributed by atoms with Crippen LogP contribution in [0.2, 0.25) is 0 Å². The molecule has 0 radical (unpaired) electrons. The Bertz CT molecular complexity index is 710. The van der Waals surface area contributed by atoms with Crippen LogP contribution in [0.4, 0.5) is 4.79 Å². The smallest absolute Gasteiger partial charge is 0.409 e. The Hall–Kier alpha value is -2.20. The Balaban J connectivity index is 2.19. The van der Waals surface area contributed by atoms with Gasteiger partial charge in [-0.15, -0.1) is 5.10 Å². The topological polar surface area (TPSA) is 110 Å². The number of rotatable bonds is 6. The molecule has 1 aromatic rings. The Morgan fingerprint density at radius 2 is 2.16 bits per heavy atom. The Kier molecular flexibility index (Phi) is 9.70. The first kappa shape index (κ1) is 25.1. The summed E-state index contributed by atoms with van der Waals surface area (Å²) in [6, 6.07) is -0.297. The number of likely N-dealkylation sites (N-methyl/N-ethyl adjacent to an activating group) is 1. The lowest BCUT2D eigenvalue weighted by atomic mass is 10.0. The molecule has 31 heavy (non-hydrogen) atoms. The highest BCUT2D eigenvalue weighted by Crippen LogP contribution is 2.18. The fourth-order valence-corrected chi connectivity index (χ4v) is 3.44. The lowest BCUT2D eigenvalue weighted by Crippen LogP contribution is -2.48. The summed E-state index contributed by atoms with van der Waals surface area (Å²) < 4.78 is 13.3. The SMILES string of the molecule is CC(C)COC(=O)N(C)C[C@H]1OCc2cnnn2CCCC(=O)N([C@H](C)CO)C[C@@H]1C. The number of aliphatic hydroxyl groups excluding tert-OH is 1. The Morgan fingerprint density at radius 3 is 2.84 bits per heavy atom. The third kappa shape index (κ3) is 7.46. The zero-order valence-corrected chi connectivity index (χ0v) is 19.4. The van der Waals surface area contributed by atoms with Crippen LogP contribution in [0, 0.1) is 11.8 Å². The van der Waals surface area contributed by atoms with E-state index in [1.54, 1.807) is 22.8 Å². The first-order valence-corrected chi connectivity index (χ1v) is 11.0. The van der Waals surface area contributed by atoms with Crippen LogP contribution in [0.1, 0.15) is 46.2 Å². The number of fused-ring (bicyclic) bond motifs is 1. The molecule has 1 aromatic heterocycles. The summed E-state index contributed by atoms with van der Waals surface area (Å²) >= 11 is 0. The van der Waals surface area contributed by atoms with E-state index < -0.39 is 6.09 Å². The van der Waals surface area contributed by atoms with Gasteiger partial charge in [0.1, 0.15) is 0 Å². The van der Waals surface area contributed by atoms with E-state index >= 15 is 0 Å². The van der Waals surface area contributed by atoms with Crippen LogP contribution in [0.5, 0.6) is 0 Å². The fraction of sp³-hybridized carbons (Fsp3) is 0.810. The van der Waals surface area contributed by atoms with Crippen molar-refractivity contribution in [3.63, 3.8) is 0 Å². The zero-order valence-electron chi connectivity index (χ0n) is 19.4. The van der Waals surface area contributed by atoms with Gasteiger partial charge in [0.25, 0.3) is 0 Å². The van der Waals surface area contributed by atoms with Crippen molar-refractivity contribution < 1.29 is 24.2 Å². The van der Waals surface area contributed by atoms with Gasteiger partial charge in [-0.3, -0.25) is 4.79 Å². The average molecular weight is 440 g/mol. The second kappa shape index (κ2) is 12.0. The maximum Gasteiger partial charge on any atom is 0.409 e. The van der Waals surface area contributed by atoms with E-state index in [1.165, 1.54) is 4.90 Å². The number of carbonyl (C=O) groups is 2. The van der Waals surface area contributed by atoms with Crippen LogP contribution in [-0.4, -0.2) is 87.4 Å². The molecular weight excluding hydrogens is 402 g/mol. The van der Waals surface area contributed by atoms with E-state index in [4.69, 9.17) is 9.47 Å². The summed E-state index contributed by atoms with van der Waals surface area (Å²) in [5.41, 5.74) is 0.829. The van der Waals surface area contributed by atoms with Gasteiger partial charge in [0.05, 0.1) is 50.4 Å². The third-order valence-corrected chi connectivity index (χ3v) is 5.45. The molecule has 0 aromatic carbocycles. The predicted octanol–water partition coefficient (Wildman–Crippen LogP) is 1.53. The van der Waals surface area contributed by atoms with Crippen LogP contribution in [0.15, 0.2) is 6.20 Å². The molecule has 0 aliphatic carbocycles. The van der Waals surface area contributed by atoms with Gasteiger partial charge in [0.2, 0.25) is 5.91 Å². The second-order valence-electron chi connectivity index (χ2n) is 8.81. The van der Waals surface area contributed by atoms with Gasteiger partial charge in [0, 0.05) is 32.5 Å². The molecule has 1 N–H and O–H groups in total. The van der Waals surface area contributed by atoms with Gasteiger partial charge in [-0.25, -0.2) is 9.48 Å². The van der Waals surface area contributed by atoms with E-state index in [0.29, 0.717) is 45.7 Å². The molecule has 0 bridgehead atoms. The summed E-state index contributed by atoms with van der Waals surface area (Å²) in [5.74, 6) is 0.155. The lowest BCUT2D eigenvalue weighted by Gasteiger charge is -2.35. The number of ether oxygens (including phenoxy) is 2. The monoisotopic (exact) mass is 439 g/mol. The number of nitrogens with zero attached hydrogens (tertiary/aromatic N) is 5. The summed E-state index contributed by atoms with van der Waals surface area (Å²) in [5, 5.41) is 17.7. The summed E-state index contributed by atoms with van der Waals surface area (Å²) in [4.78, 5) is 28.4. The molecule has 1 aliphatic heterocycles. The molecule has 2 heterocycles. The minimum atomic E-state index is -0.404. The Morgan fingerprint density at radius 1 is 1.42 bits per heavy atom. The van der Waals surface area contributed by atoms with Gasteiger partial charge in [0.15, 0.2) is 0 Å².